The number of nitrogens with zero attached hydrogens (tertiary/aromatic N) is 1. The average Bonchev–Trinajstić information content (AvgIpc) is 3.88. The summed E-state index contributed by atoms with van der Waals surface area (Å²) in [5.74, 6) is 2.16. The van der Waals surface area contributed by atoms with Crippen molar-refractivity contribution in [1.29, 1.82) is 0 Å². The van der Waals surface area contributed by atoms with Gasteiger partial charge in [-0.25, -0.2) is 0 Å². The summed E-state index contributed by atoms with van der Waals surface area (Å²) in [5, 5.41) is 0.937. The van der Waals surface area contributed by atoms with Gasteiger partial charge in [0, 0.05) is 39.4 Å². The summed E-state index contributed by atoms with van der Waals surface area (Å²) < 4.78 is 33.6. The number of carbonyl (C=O) groups excluding carboxylic acids is 1. The first-order valence-corrected chi connectivity index (χ1v) is 16.2. The maximum Gasteiger partial charge on any atom is 0.227 e. The predicted octanol–water partition coefficient (Wildman–Crippen LogP) is 6.12. The van der Waals surface area contributed by atoms with E-state index in [2.05, 4.69) is 0 Å². The molecule has 1 saturated carbocycles. The van der Waals surface area contributed by atoms with Crippen molar-refractivity contribution in [2.75, 3.05) is 60.4 Å². The Kier molecular flexibility index (Phi) is 14.1. The first-order chi connectivity index (χ1) is 22.3. The predicted molar refractivity (Wildman–Crippen MR) is 180 cm³/mol. The van der Waals surface area contributed by atoms with Crippen molar-refractivity contribution in [3.63, 3.8) is 0 Å². The Balaban J connectivity index is 1.35. The number of carbonyl (C=O) groups is 1. The van der Waals surface area contributed by atoms with Crippen LogP contribution in [0.5, 0.6) is 23.0 Å². The van der Waals surface area contributed by atoms with Crippen LogP contribution in [0.3, 0.4) is 0 Å². The van der Waals surface area contributed by atoms with E-state index in [9.17, 15) is 4.79 Å². The summed E-state index contributed by atoms with van der Waals surface area (Å²) in [6, 6.07) is 17.3. The summed E-state index contributed by atoms with van der Waals surface area (Å²) in [6.45, 7) is 4.96. The molecule has 0 saturated heterocycles. The summed E-state index contributed by atoms with van der Waals surface area (Å²) in [7, 11) is 3.26. The smallest absolute Gasteiger partial charge is 0.227 e. The molecule has 3 aromatic carbocycles. The van der Waals surface area contributed by atoms with Gasteiger partial charge < -0.3 is 39.1 Å². The van der Waals surface area contributed by atoms with Crippen LogP contribution in [0.2, 0.25) is 10.0 Å². The third-order valence-electron chi connectivity index (χ3n) is 7.46. The zero-order chi connectivity index (χ0) is 32.9. The Hall–Kier alpha value is -3.21. The lowest BCUT2D eigenvalue weighted by Gasteiger charge is -2.27. The Morgan fingerprint density at radius 1 is 0.783 bits per heavy atom. The molecule has 2 N–H and O–H groups in total. The molecule has 250 valence electrons. The molecule has 1 aliphatic carbocycles. The maximum atomic E-state index is 13.9. The van der Waals surface area contributed by atoms with Crippen LogP contribution < -0.4 is 24.7 Å². The van der Waals surface area contributed by atoms with Crippen LogP contribution >= 0.6 is 23.2 Å². The van der Waals surface area contributed by atoms with Crippen LogP contribution in [0.15, 0.2) is 54.6 Å². The van der Waals surface area contributed by atoms with Gasteiger partial charge in [-0.15, -0.1) is 0 Å². The van der Waals surface area contributed by atoms with Crippen molar-refractivity contribution in [2.24, 2.45) is 11.7 Å². The normalized spacial score (nSPS) is 13.3. The third kappa shape index (κ3) is 11.0. The fourth-order valence-electron chi connectivity index (χ4n) is 4.98. The molecule has 0 bridgehead atoms. The maximum absolute atomic E-state index is 13.9. The zero-order valence-corrected chi connectivity index (χ0v) is 28.3. The fourth-order valence-corrected chi connectivity index (χ4v) is 5.69. The molecule has 1 unspecified atom stereocenters. The Morgan fingerprint density at radius 3 is 1.87 bits per heavy atom. The Bertz CT molecular complexity index is 1350. The molecule has 3 aromatic rings. The standard InChI is InChI=1S/C35H44Cl2N2O7/c1-24-16-32(36)34(33(37)17-24)46-15-14-43-29-8-4-25(5-9-29)18-27(22-38)35(40)39(28-6-7-28)23-26-19-30(44-12-10-41-2)21-31(20-26)45-13-11-42-3/h4-5,8-9,16-17,19-21,27-28H,6-7,10-15,18,22-23,38H2,1-3H3. The Labute approximate surface area is 281 Å². The lowest BCUT2D eigenvalue weighted by atomic mass is 9.97. The second-order valence-electron chi connectivity index (χ2n) is 11.2. The lowest BCUT2D eigenvalue weighted by molar-refractivity contribution is -0.136. The number of hydrogen-bond acceptors (Lipinski definition) is 8. The number of amides is 1. The minimum atomic E-state index is -0.358. The molecule has 0 aromatic heterocycles. The first-order valence-electron chi connectivity index (χ1n) is 15.5. The molecule has 0 spiro atoms. The van der Waals surface area contributed by atoms with Crippen molar-refractivity contribution < 1.29 is 33.2 Å². The van der Waals surface area contributed by atoms with Crippen LogP contribution in [-0.4, -0.2) is 77.3 Å². The summed E-state index contributed by atoms with van der Waals surface area (Å²) >= 11 is 12.5. The minimum Gasteiger partial charge on any atom is -0.491 e. The lowest BCUT2D eigenvalue weighted by Crippen LogP contribution is -2.41. The number of aryl methyl sites for hydroxylation is 1. The van der Waals surface area contributed by atoms with E-state index in [4.69, 9.17) is 57.4 Å². The van der Waals surface area contributed by atoms with Crippen LogP contribution in [-0.2, 0) is 27.2 Å². The molecular formula is C35H44Cl2N2O7. The number of benzene rings is 3. The van der Waals surface area contributed by atoms with E-state index in [1.54, 1.807) is 26.4 Å². The van der Waals surface area contributed by atoms with Crippen molar-refractivity contribution >= 4 is 29.1 Å². The highest BCUT2D eigenvalue weighted by atomic mass is 35.5. The molecule has 0 radical (unpaired) electrons. The highest BCUT2D eigenvalue weighted by molar-refractivity contribution is 6.37. The number of halogens is 2. The molecule has 9 nitrogen and oxygen atoms in total. The van der Waals surface area contributed by atoms with Gasteiger partial charge in [0.1, 0.15) is 43.7 Å². The number of rotatable bonds is 20. The van der Waals surface area contributed by atoms with Crippen molar-refractivity contribution in [2.45, 2.75) is 38.8 Å². The molecule has 1 fully saturated rings. The van der Waals surface area contributed by atoms with Gasteiger partial charge in [0.15, 0.2) is 5.75 Å². The number of methoxy groups -OCH3 is 2. The topological polar surface area (TPSA) is 102 Å². The van der Waals surface area contributed by atoms with E-state index in [1.165, 1.54) is 0 Å². The van der Waals surface area contributed by atoms with Gasteiger partial charge in [0.25, 0.3) is 0 Å². The molecule has 0 aliphatic heterocycles. The number of nitrogens with two attached hydrogens (primary N) is 1. The monoisotopic (exact) mass is 674 g/mol. The third-order valence-corrected chi connectivity index (χ3v) is 8.02. The minimum absolute atomic E-state index is 0.0449. The molecule has 11 heteroatoms. The second-order valence-corrected chi connectivity index (χ2v) is 12.0. The average molecular weight is 676 g/mol. The first kappa shape index (κ1) is 35.6. The summed E-state index contributed by atoms with van der Waals surface area (Å²) in [4.78, 5) is 15.8. The highest BCUT2D eigenvalue weighted by Crippen LogP contribution is 2.34. The van der Waals surface area contributed by atoms with E-state index in [-0.39, 0.29) is 31.0 Å². The van der Waals surface area contributed by atoms with Gasteiger partial charge in [-0.2, -0.15) is 0 Å². The second kappa shape index (κ2) is 18.2. The van der Waals surface area contributed by atoms with Gasteiger partial charge in [-0.1, -0.05) is 35.3 Å². The quantitative estimate of drug-likeness (QED) is 0.143. The molecule has 1 aliphatic rings. The highest BCUT2D eigenvalue weighted by Gasteiger charge is 2.35. The van der Waals surface area contributed by atoms with Gasteiger partial charge in [0.2, 0.25) is 5.91 Å². The fraction of sp³-hybridized carbons (Fsp3) is 0.457. The largest absolute Gasteiger partial charge is 0.491 e. The van der Waals surface area contributed by atoms with Gasteiger partial charge in [0.05, 0.1) is 29.2 Å². The van der Waals surface area contributed by atoms with E-state index < -0.39 is 0 Å². The van der Waals surface area contributed by atoms with Gasteiger partial charge in [-0.3, -0.25) is 4.79 Å². The Morgan fingerprint density at radius 2 is 1.33 bits per heavy atom. The van der Waals surface area contributed by atoms with Crippen molar-refractivity contribution in [1.82, 2.24) is 4.90 Å². The van der Waals surface area contributed by atoms with Crippen LogP contribution in [0.25, 0.3) is 0 Å². The zero-order valence-electron chi connectivity index (χ0n) is 26.8. The van der Waals surface area contributed by atoms with Crippen molar-refractivity contribution in [3.05, 3.63) is 81.3 Å². The van der Waals surface area contributed by atoms with Gasteiger partial charge >= 0.3 is 0 Å². The molecule has 0 heterocycles. The van der Waals surface area contributed by atoms with Crippen LogP contribution in [0.4, 0.5) is 0 Å². The van der Waals surface area contributed by atoms with E-state index in [0.717, 1.165) is 29.5 Å². The van der Waals surface area contributed by atoms with Gasteiger partial charge in [-0.05, 0) is 79.3 Å². The number of ether oxygens (including phenoxy) is 6. The van der Waals surface area contributed by atoms with E-state index in [0.29, 0.717) is 79.0 Å². The summed E-state index contributed by atoms with van der Waals surface area (Å²) in [5.41, 5.74) is 9.07. The molecule has 46 heavy (non-hydrogen) atoms. The van der Waals surface area contributed by atoms with Crippen molar-refractivity contribution in [3.8, 4) is 23.0 Å². The molecule has 1 amide bonds. The molecule has 1 atom stereocenters. The number of hydrogen-bond donors (Lipinski definition) is 1. The SMILES string of the molecule is COCCOc1cc(CN(C(=O)C(CN)Cc2ccc(OCCOc3c(Cl)cc(C)cc3Cl)cc2)C2CC2)cc(OCCOC)c1. The van der Waals surface area contributed by atoms with Crippen LogP contribution in [0.1, 0.15) is 29.5 Å². The molecule has 4 rings (SSSR count). The summed E-state index contributed by atoms with van der Waals surface area (Å²) in [6.07, 6.45) is 2.47. The molecular weight excluding hydrogens is 631 g/mol. The van der Waals surface area contributed by atoms with E-state index in [1.807, 2.05) is 54.3 Å². The van der Waals surface area contributed by atoms with Crippen LogP contribution in [0, 0.1) is 12.8 Å². The van der Waals surface area contributed by atoms with E-state index >= 15 is 0 Å².